The molecule has 3 nitrogen and oxygen atoms in total. The summed E-state index contributed by atoms with van der Waals surface area (Å²) in [5.74, 6) is -0.317. The molecule has 1 rings (SSSR count). The molecule has 0 amide bonds. The molecule has 0 saturated carbocycles. The molecular formula is C12H13Br2NO2. The number of hydrogen-bond donors (Lipinski definition) is 1. The molecule has 0 aliphatic rings. The summed E-state index contributed by atoms with van der Waals surface area (Å²) in [5.41, 5.74) is 0.966. The number of anilines is 1. The van der Waals surface area contributed by atoms with Gasteiger partial charge in [0.2, 0.25) is 0 Å². The van der Waals surface area contributed by atoms with Crippen LogP contribution >= 0.6 is 31.9 Å². The van der Waals surface area contributed by atoms with Gasteiger partial charge >= 0.3 is 5.97 Å². The predicted octanol–water partition coefficient (Wildman–Crippen LogP) is 3.74. The van der Waals surface area contributed by atoms with Gasteiger partial charge in [0.05, 0.1) is 6.61 Å². The van der Waals surface area contributed by atoms with E-state index >= 15 is 0 Å². The summed E-state index contributed by atoms with van der Waals surface area (Å²) >= 11 is 6.83. The zero-order valence-electron chi connectivity index (χ0n) is 9.37. The Bertz CT molecular complexity index is 419. The molecule has 92 valence electrons. The first-order valence-electron chi connectivity index (χ1n) is 5.15. The Morgan fingerprint density at radius 3 is 2.94 bits per heavy atom. The number of nitrogens with one attached hydrogen (secondary N) is 1. The van der Waals surface area contributed by atoms with Crippen molar-refractivity contribution in [2.24, 2.45) is 0 Å². The standard InChI is InChI=1S/C12H13Br2NO2/c1-2-17-12(16)4-3-7-15-11-8-9(13)5-6-10(11)14/h3-6,8,15H,2,7H2,1H3/b4-3+. The summed E-state index contributed by atoms with van der Waals surface area (Å²) in [6.45, 7) is 2.74. The summed E-state index contributed by atoms with van der Waals surface area (Å²) in [6.07, 6.45) is 3.15. The molecule has 1 aromatic carbocycles. The van der Waals surface area contributed by atoms with Gasteiger partial charge in [0.1, 0.15) is 0 Å². The Balaban J connectivity index is 2.45. The van der Waals surface area contributed by atoms with Crippen LogP contribution in [0.4, 0.5) is 5.69 Å². The van der Waals surface area contributed by atoms with E-state index in [9.17, 15) is 4.79 Å². The van der Waals surface area contributed by atoms with E-state index in [-0.39, 0.29) is 5.97 Å². The van der Waals surface area contributed by atoms with Crippen molar-refractivity contribution < 1.29 is 9.53 Å². The van der Waals surface area contributed by atoms with Crippen LogP contribution in [0.1, 0.15) is 6.92 Å². The van der Waals surface area contributed by atoms with Crippen molar-refractivity contribution in [1.29, 1.82) is 0 Å². The van der Waals surface area contributed by atoms with E-state index in [1.807, 2.05) is 18.2 Å². The van der Waals surface area contributed by atoms with Crippen molar-refractivity contribution in [3.63, 3.8) is 0 Å². The largest absolute Gasteiger partial charge is 0.463 e. The van der Waals surface area contributed by atoms with E-state index in [2.05, 4.69) is 37.2 Å². The lowest BCUT2D eigenvalue weighted by atomic mass is 10.3. The summed E-state index contributed by atoms with van der Waals surface area (Å²) in [7, 11) is 0. The lowest BCUT2D eigenvalue weighted by Crippen LogP contribution is -2.02. The molecule has 0 bridgehead atoms. The van der Waals surface area contributed by atoms with Crippen LogP contribution in [0.25, 0.3) is 0 Å². The molecular weight excluding hydrogens is 350 g/mol. The number of rotatable bonds is 5. The Labute approximate surface area is 117 Å². The fourth-order valence-electron chi connectivity index (χ4n) is 1.15. The third-order valence-electron chi connectivity index (χ3n) is 1.88. The molecule has 0 atom stereocenters. The molecule has 1 aromatic rings. The molecule has 0 spiro atoms. The average molecular weight is 363 g/mol. The van der Waals surface area contributed by atoms with Crippen LogP contribution < -0.4 is 5.32 Å². The summed E-state index contributed by atoms with van der Waals surface area (Å²) in [5, 5.41) is 3.18. The molecule has 0 aromatic heterocycles. The van der Waals surface area contributed by atoms with Crippen LogP contribution in [0.3, 0.4) is 0 Å². The highest BCUT2D eigenvalue weighted by molar-refractivity contribution is 9.11. The van der Waals surface area contributed by atoms with Gasteiger partial charge in [-0.1, -0.05) is 22.0 Å². The van der Waals surface area contributed by atoms with Crippen LogP contribution in [0.5, 0.6) is 0 Å². The van der Waals surface area contributed by atoms with Crippen molar-refractivity contribution >= 4 is 43.5 Å². The number of ether oxygens (including phenoxy) is 1. The SMILES string of the molecule is CCOC(=O)/C=C/CNc1cc(Br)ccc1Br. The van der Waals surface area contributed by atoms with Crippen molar-refractivity contribution in [1.82, 2.24) is 0 Å². The molecule has 0 fully saturated rings. The van der Waals surface area contributed by atoms with Crippen LogP contribution in [-0.2, 0) is 9.53 Å². The minimum absolute atomic E-state index is 0.317. The van der Waals surface area contributed by atoms with E-state index in [0.717, 1.165) is 14.6 Å². The first-order chi connectivity index (χ1) is 8.13. The molecule has 1 N–H and O–H groups in total. The lowest BCUT2D eigenvalue weighted by Gasteiger charge is -2.06. The minimum Gasteiger partial charge on any atom is -0.463 e. The highest BCUT2D eigenvalue weighted by Gasteiger charge is 1.98. The smallest absolute Gasteiger partial charge is 0.330 e. The maximum atomic E-state index is 11.0. The van der Waals surface area contributed by atoms with E-state index in [0.29, 0.717) is 13.2 Å². The van der Waals surface area contributed by atoms with Crippen LogP contribution in [0, 0.1) is 0 Å². The van der Waals surface area contributed by atoms with Crippen molar-refractivity contribution in [2.45, 2.75) is 6.92 Å². The molecule has 0 radical (unpaired) electrons. The number of carbonyl (C=O) groups is 1. The number of halogens is 2. The van der Waals surface area contributed by atoms with Crippen LogP contribution in [-0.4, -0.2) is 19.1 Å². The maximum Gasteiger partial charge on any atom is 0.330 e. The Kier molecular flexibility index (Phi) is 6.29. The fourth-order valence-corrected chi connectivity index (χ4v) is 1.90. The first kappa shape index (κ1) is 14.3. The second kappa shape index (κ2) is 7.50. The maximum absolute atomic E-state index is 11.0. The highest BCUT2D eigenvalue weighted by atomic mass is 79.9. The molecule has 0 unspecified atom stereocenters. The van der Waals surface area contributed by atoms with Gasteiger partial charge in [0.15, 0.2) is 0 Å². The zero-order chi connectivity index (χ0) is 12.7. The van der Waals surface area contributed by atoms with Crippen molar-refractivity contribution in [3.8, 4) is 0 Å². The second-order valence-corrected chi connectivity index (χ2v) is 4.93. The third kappa shape index (κ3) is 5.37. The topological polar surface area (TPSA) is 38.3 Å². The van der Waals surface area contributed by atoms with Crippen LogP contribution in [0.15, 0.2) is 39.3 Å². The highest BCUT2D eigenvalue weighted by Crippen LogP contribution is 2.25. The molecule has 17 heavy (non-hydrogen) atoms. The summed E-state index contributed by atoms with van der Waals surface area (Å²) < 4.78 is 6.74. The second-order valence-electron chi connectivity index (χ2n) is 3.16. The van der Waals surface area contributed by atoms with Crippen LogP contribution in [0.2, 0.25) is 0 Å². The predicted molar refractivity (Wildman–Crippen MR) is 76.1 cm³/mol. The van der Waals surface area contributed by atoms with Gasteiger partial charge in [-0.2, -0.15) is 0 Å². The van der Waals surface area contributed by atoms with E-state index < -0.39 is 0 Å². The van der Waals surface area contributed by atoms with E-state index in [4.69, 9.17) is 4.74 Å². The van der Waals surface area contributed by atoms with E-state index in [1.54, 1.807) is 13.0 Å². The lowest BCUT2D eigenvalue weighted by molar-refractivity contribution is -0.137. The number of carbonyl (C=O) groups excluding carboxylic acids is 1. The third-order valence-corrected chi connectivity index (χ3v) is 3.06. The van der Waals surface area contributed by atoms with E-state index in [1.165, 1.54) is 6.08 Å². The Morgan fingerprint density at radius 2 is 2.24 bits per heavy atom. The normalized spacial score (nSPS) is 10.5. The van der Waals surface area contributed by atoms with Crippen molar-refractivity contribution in [3.05, 3.63) is 39.3 Å². The van der Waals surface area contributed by atoms with Gasteiger partial charge in [-0.25, -0.2) is 4.79 Å². The number of hydrogen-bond acceptors (Lipinski definition) is 3. The summed E-state index contributed by atoms with van der Waals surface area (Å²) in [4.78, 5) is 11.0. The van der Waals surface area contributed by atoms with Gasteiger partial charge in [0.25, 0.3) is 0 Å². The number of esters is 1. The first-order valence-corrected chi connectivity index (χ1v) is 6.74. The van der Waals surface area contributed by atoms with Gasteiger partial charge in [-0.05, 0) is 41.1 Å². The molecule has 5 heteroatoms. The molecule has 0 aliphatic heterocycles. The molecule has 0 heterocycles. The Hall–Kier alpha value is -0.810. The van der Waals surface area contributed by atoms with Gasteiger partial charge < -0.3 is 10.1 Å². The monoisotopic (exact) mass is 361 g/mol. The molecule has 0 aliphatic carbocycles. The fraction of sp³-hybridized carbons (Fsp3) is 0.250. The molecule has 0 saturated heterocycles. The zero-order valence-corrected chi connectivity index (χ0v) is 12.5. The van der Waals surface area contributed by atoms with Crippen molar-refractivity contribution in [2.75, 3.05) is 18.5 Å². The van der Waals surface area contributed by atoms with Gasteiger partial charge in [-0.15, -0.1) is 0 Å². The number of benzene rings is 1. The van der Waals surface area contributed by atoms with Gasteiger partial charge in [-0.3, -0.25) is 0 Å². The average Bonchev–Trinajstić information content (AvgIpc) is 2.29. The minimum atomic E-state index is -0.317. The quantitative estimate of drug-likeness (QED) is 0.640. The Morgan fingerprint density at radius 1 is 1.47 bits per heavy atom. The summed E-state index contributed by atoms with van der Waals surface area (Å²) in [6, 6.07) is 5.85. The van der Waals surface area contributed by atoms with Gasteiger partial charge in [0, 0.05) is 27.3 Å².